The zero-order valence-electron chi connectivity index (χ0n) is 7.90. The minimum absolute atomic E-state index is 0.0201. The molecule has 0 saturated heterocycles. The number of nitrogens with zero attached hydrogens (tertiary/aromatic N) is 1. The number of nitrogens with one attached hydrogen (secondary N) is 1. The van der Waals surface area contributed by atoms with E-state index in [4.69, 9.17) is 10.9 Å². The highest BCUT2D eigenvalue weighted by molar-refractivity contribution is 14.1. The predicted molar refractivity (Wildman–Crippen MR) is 67.4 cm³/mol. The summed E-state index contributed by atoms with van der Waals surface area (Å²) in [5.41, 5.74) is 5.92. The van der Waals surface area contributed by atoms with Crippen molar-refractivity contribution in [3.8, 4) is 0 Å². The Kier molecular flexibility index (Phi) is 4.33. The number of oxime groups is 1. The molecule has 1 heterocycles. The van der Waals surface area contributed by atoms with Gasteiger partial charge in [-0.2, -0.15) is 0 Å². The van der Waals surface area contributed by atoms with Crippen LogP contribution in [0.25, 0.3) is 0 Å². The number of nitrogens with two attached hydrogens (primary N) is 1. The van der Waals surface area contributed by atoms with Crippen LogP contribution < -0.4 is 11.1 Å². The molecule has 1 unspecified atom stereocenters. The molecule has 0 aliphatic carbocycles. The van der Waals surface area contributed by atoms with E-state index in [0.29, 0.717) is 5.56 Å². The molecule has 5 nitrogen and oxygen atoms in total. The largest absolute Gasteiger partial charge is 0.409 e. The van der Waals surface area contributed by atoms with Gasteiger partial charge >= 0.3 is 0 Å². The van der Waals surface area contributed by atoms with Crippen molar-refractivity contribution in [2.45, 2.75) is 13.0 Å². The SMILES string of the molecule is CC(NC(=O)c1csc(I)c1)C(N)=NO. The van der Waals surface area contributed by atoms with Crippen molar-refractivity contribution < 1.29 is 10.0 Å². The second kappa shape index (κ2) is 5.31. The van der Waals surface area contributed by atoms with Gasteiger partial charge in [-0.1, -0.05) is 5.16 Å². The van der Waals surface area contributed by atoms with Crippen molar-refractivity contribution in [2.75, 3.05) is 0 Å². The van der Waals surface area contributed by atoms with Crippen LogP contribution in [0.3, 0.4) is 0 Å². The Morgan fingerprint density at radius 1 is 1.80 bits per heavy atom. The van der Waals surface area contributed by atoms with Gasteiger partial charge in [0.2, 0.25) is 0 Å². The van der Waals surface area contributed by atoms with Crippen molar-refractivity contribution in [1.29, 1.82) is 0 Å². The van der Waals surface area contributed by atoms with Gasteiger partial charge in [0, 0.05) is 5.38 Å². The highest BCUT2D eigenvalue weighted by Crippen LogP contribution is 2.16. The molecule has 82 valence electrons. The van der Waals surface area contributed by atoms with E-state index in [9.17, 15) is 4.79 Å². The van der Waals surface area contributed by atoms with E-state index in [1.54, 1.807) is 18.4 Å². The molecule has 0 bridgehead atoms. The number of hydrogen-bond acceptors (Lipinski definition) is 4. The van der Waals surface area contributed by atoms with Gasteiger partial charge in [0.15, 0.2) is 5.84 Å². The zero-order chi connectivity index (χ0) is 11.4. The number of carbonyl (C=O) groups excluding carboxylic acids is 1. The molecule has 1 aromatic rings. The summed E-state index contributed by atoms with van der Waals surface area (Å²) in [6.07, 6.45) is 0. The smallest absolute Gasteiger partial charge is 0.252 e. The summed E-state index contributed by atoms with van der Waals surface area (Å²) in [5.74, 6) is -0.249. The van der Waals surface area contributed by atoms with Crippen LogP contribution in [0.5, 0.6) is 0 Å². The molecule has 1 rings (SSSR count). The van der Waals surface area contributed by atoms with Crippen LogP contribution in [0.15, 0.2) is 16.6 Å². The van der Waals surface area contributed by atoms with Crippen LogP contribution >= 0.6 is 33.9 Å². The van der Waals surface area contributed by atoms with Gasteiger partial charge in [-0.05, 0) is 35.6 Å². The van der Waals surface area contributed by atoms with Crippen LogP contribution in [0.1, 0.15) is 17.3 Å². The Morgan fingerprint density at radius 3 is 2.93 bits per heavy atom. The van der Waals surface area contributed by atoms with E-state index in [1.807, 2.05) is 0 Å². The molecule has 0 aliphatic heterocycles. The fourth-order valence-corrected chi connectivity index (χ4v) is 2.20. The summed E-state index contributed by atoms with van der Waals surface area (Å²) in [7, 11) is 0. The molecule has 15 heavy (non-hydrogen) atoms. The molecule has 0 fully saturated rings. The number of hydrogen-bond donors (Lipinski definition) is 3. The van der Waals surface area contributed by atoms with E-state index in [-0.39, 0.29) is 11.7 Å². The maximum Gasteiger partial charge on any atom is 0.252 e. The van der Waals surface area contributed by atoms with Gasteiger partial charge in [-0.15, -0.1) is 11.3 Å². The number of amidine groups is 1. The second-order valence-electron chi connectivity index (χ2n) is 2.86. The van der Waals surface area contributed by atoms with Gasteiger partial charge in [0.05, 0.1) is 14.5 Å². The fraction of sp³-hybridized carbons (Fsp3) is 0.250. The van der Waals surface area contributed by atoms with Crippen molar-refractivity contribution in [3.63, 3.8) is 0 Å². The maximum absolute atomic E-state index is 11.6. The lowest BCUT2D eigenvalue weighted by molar-refractivity contribution is 0.0949. The van der Waals surface area contributed by atoms with E-state index < -0.39 is 6.04 Å². The van der Waals surface area contributed by atoms with Gasteiger partial charge < -0.3 is 16.3 Å². The number of halogens is 1. The molecule has 7 heteroatoms. The van der Waals surface area contributed by atoms with Crippen LogP contribution in [-0.4, -0.2) is 23.0 Å². The predicted octanol–water partition coefficient (Wildman–Crippen LogP) is 1.22. The average molecular weight is 339 g/mol. The minimum atomic E-state index is -0.486. The molecule has 1 amide bonds. The van der Waals surface area contributed by atoms with Gasteiger partial charge in [0.25, 0.3) is 5.91 Å². The third-order valence-electron chi connectivity index (χ3n) is 1.74. The molecule has 4 N–H and O–H groups in total. The maximum atomic E-state index is 11.6. The Labute approximate surface area is 104 Å². The van der Waals surface area contributed by atoms with E-state index in [1.165, 1.54) is 11.3 Å². The first-order chi connectivity index (χ1) is 7.04. The monoisotopic (exact) mass is 339 g/mol. The van der Waals surface area contributed by atoms with Crippen LogP contribution in [-0.2, 0) is 0 Å². The molecule has 1 atom stereocenters. The fourth-order valence-electron chi connectivity index (χ4n) is 0.870. The lowest BCUT2D eigenvalue weighted by Gasteiger charge is -2.10. The first-order valence-corrected chi connectivity index (χ1v) is 6.02. The molecule has 0 saturated carbocycles. The lowest BCUT2D eigenvalue weighted by Crippen LogP contribution is -2.42. The topological polar surface area (TPSA) is 87.7 Å². The first-order valence-electron chi connectivity index (χ1n) is 4.07. The summed E-state index contributed by atoms with van der Waals surface area (Å²) in [4.78, 5) is 11.6. The number of thiophene rings is 1. The van der Waals surface area contributed by atoms with Crippen molar-refractivity contribution >= 4 is 45.7 Å². The lowest BCUT2D eigenvalue weighted by atomic mass is 10.2. The van der Waals surface area contributed by atoms with Crippen molar-refractivity contribution in [2.24, 2.45) is 10.9 Å². The summed E-state index contributed by atoms with van der Waals surface area (Å²) < 4.78 is 1.04. The summed E-state index contributed by atoms with van der Waals surface area (Å²) >= 11 is 3.63. The van der Waals surface area contributed by atoms with Gasteiger partial charge in [0.1, 0.15) is 0 Å². The highest BCUT2D eigenvalue weighted by atomic mass is 127. The number of carbonyl (C=O) groups is 1. The Hall–Kier alpha value is -0.830. The standard InChI is InChI=1S/C8H10IN3O2S/c1-4(7(10)12-14)11-8(13)5-2-6(9)15-3-5/h2-4,14H,1H3,(H2,10,12)(H,11,13). The van der Waals surface area contributed by atoms with Crippen molar-refractivity contribution in [1.82, 2.24) is 5.32 Å². The minimum Gasteiger partial charge on any atom is -0.409 e. The molecular formula is C8H10IN3O2S. The Bertz CT molecular complexity index is 391. The number of amides is 1. The second-order valence-corrected chi connectivity index (χ2v) is 5.66. The molecule has 0 aromatic carbocycles. The summed E-state index contributed by atoms with van der Waals surface area (Å²) in [6, 6.07) is 1.29. The van der Waals surface area contributed by atoms with E-state index in [0.717, 1.165) is 2.88 Å². The molecule has 0 spiro atoms. The Morgan fingerprint density at radius 2 is 2.47 bits per heavy atom. The van der Waals surface area contributed by atoms with Gasteiger partial charge in [-0.25, -0.2) is 0 Å². The summed E-state index contributed by atoms with van der Waals surface area (Å²) in [5, 5.41) is 15.6. The van der Waals surface area contributed by atoms with Crippen LogP contribution in [0.2, 0.25) is 0 Å². The molecule has 0 radical (unpaired) electrons. The molecule has 0 aliphatic rings. The molecule has 1 aromatic heterocycles. The average Bonchev–Trinajstić information content (AvgIpc) is 2.63. The van der Waals surface area contributed by atoms with Crippen molar-refractivity contribution in [3.05, 3.63) is 19.9 Å². The zero-order valence-corrected chi connectivity index (χ0v) is 10.9. The van der Waals surface area contributed by atoms with E-state index >= 15 is 0 Å². The van der Waals surface area contributed by atoms with Crippen LogP contribution in [0.4, 0.5) is 0 Å². The van der Waals surface area contributed by atoms with Gasteiger partial charge in [-0.3, -0.25) is 4.79 Å². The summed E-state index contributed by atoms with van der Waals surface area (Å²) in [6.45, 7) is 1.64. The van der Waals surface area contributed by atoms with Crippen LogP contribution in [0, 0.1) is 2.88 Å². The van der Waals surface area contributed by atoms with E-state index in [2.05, 4.69) is 33.1 Å². The number of rotatable bonds is 3. The Balaban J connectivity index is 2.64. The normalized spacial score (nSPS) is 13.6. The first kappa shape index (κ1) is 12.2. The highest BCUT2D eigenvalue weighted by Gasteiger charge is 2.13. The molecular weight excluding hydrogens is 329 g/mol. The third-order valence-corrected chi connectivity index (χ3v) is 3.53. The quantitative estimate of drug-likeness (QED) is 0.254. The third kappa shape index (κ3) is 3.34.